The Morgan fingerprint density at radius 3 is 2.89 bits per heavy atom. The molecule has 0 saturated carbocycles. The van der Waals surface area contributed by atoms with Crippen molar-refractivity contribution in [3.05, 3.63) is 30.0 Å². The van der Waals surface area contributed by atoms with Gasteiger partial charge < -0.3 is 10.2 Å². The van der Waals surface area contributed by atoms with Gasteiger partial charge in [0.25, 0.3) is 0 Å². The average Bonchev–Trinajstić information content (AvgIpc) is 3.10. The minimum atomic E-state index is -0.0345. The summed E-state index contributed by atoms with van der Waals surface area (Å²) in [7, 11) is 0. The second-order valence-electron chi connectivity index (χ2n) is 4.31. The van der Waals surface area contributed by atoms with Gasteiger partial charge in [-0.3, -0.25) is 4.79 Å². The van der Waals surface area contributed by atoms with Crippen molar-refractivity contribution in [2.45, 2.75) is 6.42 Å². The van der Waals surface area contributed by atoms with E-state index < -0.39 is 0 Å². The summed E-state index contributed by atoms with van der Waals surface area (Å²) in [5.41, 5.74) is 0. The lowest BCUT2D eigenvalue weighted by Crippen LogP contribution is -2.27. The lowest BCUT2D eigenvalue weighted by atomic mass is 10.1. The summed E-state index contributed by atoms with van der Waals surface area (Å²) in [5.74, 6) is 0.674. The molecule has 1 aliphatic heterocycles. The predicted molar refractivity (Wildman–Crippen MR) is 73.1 cm³/mol. The second kappa shape index (κ2) is 5.31. The van der Waals surface area contributed by atoms with Crippen molar-refractivity contribution < 1.29 is 4.79 Å². The van der Waals surface area contributed by atoms with Crippen LogP contribution in [0.15, 0.2) is 30.0 Å². The summed E-state index contributed by atoms with van der Waals surface area (Å²) in [4.78, 5) is 26.6. The molecule has 0 bridgehead atoms. The number of anilines is 2. The molecule has 1 N–H and O–H groups in total. The van der Waals surface area contributed by atoms with Gasteiger partial charge in [0.15, 0.2) is 5.13 Å². The maximum absolute atomic E-state index is 12.1. The highest BCUT2D eigenvalue weighted by Crippen LogP contribution is 2.22. The molecule has 1 aliphatic rings. The van der Waals surface area contributed by atoms with Crippen LogP contribution < -0.4 is 10.2 Å². The van der Waals surface area contributed by atoms with E-state index in [1.165, 1.54) is 11.3 Å². The van der Waals surface area contributed by atoms with Crippen LogP contribution in [0, 0.1) is 5.92 Å². The molecular formula is C12H13N5OS. The van der Waals surface area contributed by atoms with Crippen LogP contribution in [0.1, 0.15) is 6.42 Å². The predicted octanol–water partition coefficient (Wildman–Crippen LogP) is 1.40. The molecular weight excluding hydrogens is 262 g/mol. The van der Waals surface area contributed by atoms with Gasteiger partial charge in [-0.1, -0.05) is 0 Å². The van der Waals surface area contributed by atoms with Gasteiger partial charge >= 0.3 is 0 Å². The van der Waals surface area contributed by atoms with Crippen LogP contribution in [0.2, 0.25) is 0 Å². The van der Waals surface area contributed by atoms with E-state index >= 15 is 0 Å². The minimum Gasteiger partial charge on any atom is -0.340 e. The van der Waals surface area contributed by atoms with Gasteiger partial charge in [0.2, 0.25) is 11.9 Å². The Morgan fingerprint density at radius 1 is 1.32 bits per heavy atom. The largest absolute Gasteiger partial charge is 0.340 e. The molecule has 1 saturated heterocycles. The van der Waals surface area contributed by atoms with Crippen LogP contribution in [0.5, 0.6) is 0 Å². The Morgan fingerprint density at radius 2 is 2.16 bits per heavy atom. The van der Waals surface area contributed by atoms with Crippen molar-refractivity contribution in [3.8, 4) is 0 Å². The van der Waals surface area contributed by atoms with Crippen LogP contribution in [0.4, 0.5) is 11.1 Å². The fourth-order valence-electron chi connectivity index (χ4n) is 2.10. The molecule has 0 radical (unpaired) electrons. The zero-order chi connectivity index (χ0) is 13.1. The number of carbonyl (C=O) groups is 1. The molecule has 19 heavy (non-hydrogen) atoms. The first kappa shape index (κ1) is 12.0. The van der Waals surface area contributed by atoms with E-state index in [-0.39, 0.29) is 11.8 Å². The minimum absolute atomic E-state index is 0.0216. The maximum atomic E-state index is 12.1. The molecule has 1 atom stereocenters. The summed E-state index contributed by atoms with van der Waals surface area (Å²) in [6.07, 6.45) is 5.92. The number of nitrogens with one attached hydrogen (secondary N) is 1. The zero-order valence-corrected chi connectivity index (χ0v) is 11.0. The molecule has 2 aromatic heterocycles. The highest BCUT2D eigenvalue weighted by atomic mass is 32.1. The molecule has 98 valence electrons. The molecule has 3 heterocycles. The number of amides is 1. The van der Waals surface area contributed by atoms with E-state index in [2.05, 4.69) is 20.3 Å². The summed E-state index contributed by atoms with van der Waals surface area (Å²) in [6.45, 7) is 1.46. The molecule has 3 rings (SSSR count). The van der Waals surface area contributed by atoms with Gasteiger partial charge in [0.05, 0.1) is 5.92 Å². The van der Waals surface area contributed by atoms with E-state index in [0.717, 1.165) is 13.0 Å². The lowest BCUT2D eigenvalue weighted by Gasteiger charge is -2.15. The summed E-state index contributed by atoms with van der Waals surface area (Å²) >= 11 is 1.43. The summed E-state index contributed by atoms with van der Waals surface area (Å²) in [6, 6.07) is 1.78. The highest BCUT2D eigenvalue weighted by Gasteiger charge is 2.29. The number of aromatic nitrogens is 3. The van der Waals surface area contributed by atoms with Gasteiger partial charge in [-0.25, -0.2) is 15.0 Å². The van der Waals surface area contributed by atoms with Crippen LogP contribution in [-0.4, -0.2) is 33.9 Å². The average molecular weight is 275 g/mol. The van der Waals surface area contributed by atoms with Crippen molar-refractivity contribution in [1.82, 2.24) is 15.0 Å². The van der Waals surface area contributed by atoms with Crippen LogP contribution in [0.3, 0.4) is 0 Å². The Labute approximate surface area is 114 Å². The molecule has 0 aliphatic carbocycles. The fourth-order valence-corrected chi connectivity index (χ4v) is 2.63. The van der Waals surface area contributed by atoms with Gasteiger partial charge in [-0.2, -0.15) is 0 Å². The van der Waals surface area contributed by atoms with E-state index in [9.17, 15) is 4.79 Å². The summed E-state index contributed by atoms with van der Waals surface area (Å²) < 4.78 is 0. The number of hydrogen-bond acceptors (Lipinski definition) is 6. The topological polar surface area (TPSA) is 71.0 Å². The van der Waals surface area contributed by atoms with E-state index in [4.69, 9.17) is 0 Å². The summed E-state index contributed by atoms with van der Waals surface area (Å²) in [5, 5.41) is 5.33. The molecule has 1 fully saturated rings. The maximum Gasteiger partial charge on any atom is 0.231 e. The molecule has 1 amide bonds. The first-order chi connectivity index (χ1) is 9.33. The van der Waals surface area contributed by atoms with Crippen molar-refractivity contribution in [1.29, 1.82) is 0 Å². The third kappa shape index (κ3) is 2.70. The van der Waals surface area contributed by atoms with E-state index in [1.807, 2.05) is 10.3 Å². The van der Waals surface area contributed by atoms with Crippen molar-refractivity contribution in [3.63, 3.8) is 0 Å². The van der Waals surface area contributed by atoms with Crippen molar-refractivity contribution in [2.75, 3.05) is 23.3 Å². The Balaban J connectivity index is 1.61. The van der Waals surface area contributed by atoms with Crippen LogP contribution >= 0.6 is 11.3 Å². The molecule has 2 aromatic rings. The lowest BCUT2D eigenvalue weighted by molar-refractivity contribution is -0.119. The molecule has 7 heteroatoms. The third-order valence-electron chi connectivity index (χ3n) is 3.06. The standard InChI is InChI=1S/C12H13N5OS/c18-10(16-12-15-5-7-19-12)9-2-6-17(8-9)11-13-3-1-4-14-11/h1,3-5,7,9H,2,6,8H2,(H,15,16,18)/t9-/m0/s1. The molecule has 0 aromatic carbocycles. The third-order valence-corrected chi connectivity index (χ3v) is 3.75. The van der Waals surface area contributed by atoms with Crippen molar-refractivity contribution in [2.24, 2.45) is 5.92 Å². The molecule has 6 nitrogen and oxygen atoms in total. The first-order valence-electron chi connectivity index (χ1n) is 6.05. The SMILES string of the molecule is O=C(Nc1nccs1)[C@H]1CCN(c2ncccn2)C1. The van der Waals surface area contributed by atoms with Crippen LogP contribution in [-0.2, 0) is 4.79 Å². The van der Waals surface area contributed by atoms with Crippen LogP contribution in [0.25, 0.3) is 0 Å². The quantitative estimate of drug-likeness (QED) is 0.916. The van der Waals surface area contributed by atoms with Gasteiger partial charge in [0, 0.05) is 37.1 Å². The monoisotopic (exact) mass is 275 g/mol. The van der Waals surface area contributed by atoms with Gasteiger partial charge in [-0.05, 0) is 12.5 Å². The molecule has 0 spiro atoms. The number of carbonyl (C=O) groups excluding carboxylic acids is 1. The van der Waals surface area contributed by atoms with Gasteiger partial charge in [0.1, 0.15) is 0 Å². The van der Waals surface area contributed by atoms with E-state index in [0.29, 0.717) is 17.6 Å². The Hall–Kier alpha value is -2.02. The van der Waals surface area contributed by atoms with Gasteiger partial charge in [-0.15, -0.1) is 11.3 Å². The highest BCUT2D eigenvalue weighted by molar-refractivity contribution is 7.13. The Kier molecular flexibility index (Phi) is 3.37. The smallest absolute Gasteiger partial charge is 0.231 e. The number of thiazole rings is 1. The second-order valence-corrected chi connectivity index (χ2v) is 5.20. The zero-order valence-electron chi connectivity index (χ0n) is 10.2. The van der Waals surface area contributed by atoms with Crippen molar-refractivity contribution >= 4 is 28.3 Å². The Bertz CT molecular complexity index is 545. The normalized spacial score (nSPS) is 18.5. The molecule has 0 unspecified atom stereocenters. The number of nitrogens with zero attached hydrogens (tertiary/aromatic N) is 4. The fraction of sp³-hybridized carbons (Fsp3) is 0.333. The number of rotatable bonds is 3. The first-order valence-corrected chi connectivity index (χ1v) is 6.93. The van der Waals surface area contributed by atoms with E-state index in [1.54, 1.807) is 24.7 Å². The number of hydrogen-bond donors (Lipinski definition) is 1.